The van der Waals surface area contributed by atoms with Crippen molar-refractivity contribution in [1.29, 1.82) is 0 Å². The first-order valence-corrected chi connectivity index (χ1v) is 6.63. The van der Waals surface area contributed by atoms with Gasteiger partial charge in [-0.1, -0.05) is 26.0 Å². The molecule has 0 radical (unpaired) electrons. The highest BCUT2D eigenvalue weighted by Crippen LogP contribution is 2.20. The zero-order chi connectivity index (χ0) is 14.7. The van der Waals surface area contributed by atoms with E-state index in [0.717, 1.165) is 17.1 Å². The van der Waals surface area contributed by atoms with Gasteiger partial charge in [-0.3, -0.25) is 4.79 Å². The van der Waals surface area contributed by atoms with Crippen molar-refractivity contribution in [3.05, 3.63) is 36.7 Å². The minimum atomic E-state index is -0.508. The highest BCUT2D eigenvalue weighted by atomic mass is 16.2. The maximum atomic E-state index is 12.0. The molecule has 2 aromatic rings. The molecule has 1 aromatic carbocycles. The number of aryl methyl sites for hydroxylation is 1. The highest BCUT2D eigenvalue weighted by Gasteiger charge is 2.17. The maximum Gasteiger partial charge on any atom is 0.241 e. The van der Waals surface area contributed by atoms with Gasteiger partial charge in [0.25, 0.3) is 0 Å². The summed E-state index contributed by atoms with van der Waals surface area (Å²) in [7, 11) is 1.93. The van der Waals surface area contributed by atoms with Crippen LogP contribution in [0.25, 0.3) is 11.4 Å². The lowest BCUT2D eigenvalue weighted by atomic mass is 10.0. The average Bonchev–Trinajstić information content (AvgIpc) is 2.84. The molecule has 5 heteroatoms. The summed E-state index contributed by atoms with van der Waals surface area (Å²) in [5.41, 5.74) is 7.52. The molecule has 0 aliphatic heterocycles. The van der Waals surface area contributed by atoms with Gasteiger partial charge < -0.3 is 15.6 Å². The Hall–Kier alpha value is -2.14. The Morgan fingerprint density at radius 3 is 2.75 bits per heavy atom. The van der Waals surface area contributed by atoms with E-state index in [4.69, 9.17) is 5.73 Å². The number of benzene rings is 1. The third kappa shape index (κ3) is 3.05. The molecule has 1 atom stereocenters. The lowest BCUT2D eigenvalue weighted by Gasteiger charge is -2.15. The van der Waals surface area contributed by atoms with Gasteiger partial charge in [-0.15, -0.1) is 0 Å². The second kappa shape index (κ2) is 5.88. The molecule has 0 saturated heterocycles. The molecule has 2 rings (SSSR count). The molecule has 106 valence electrons. The van der Waals surface area contributed by atoms with Crippen LogP contribution < -0.4 is 11.1 Å². The topological polar surface area (TPSA) is 72.9 Å². The van der Waals surface area contributed by atoms with Gasteiger partial charge in [-0.2, -0.15) is 0 Å². The number of amides is 1. The third-order valence-electron chi connectivity index (χ3n) is 3.23. The second-order valence-corrected chi connectivity index (χ2v) is 5.20. The molecule has 0 aliphatic rings. The Balaban J connectivity index is 2.19. The molecule has 3 N–H and O–H groups in total. The van der Waals surface area contributed by atoms with Gasteiger partial charge in [0.05, 0.1) is 6.04 Å². The molecule has 0 saturated carbocycles. The zero-order valence-electron chi connectivity index (χ0n) is 12.0. The predicted octanol–water partition coefficient (Wildman–Crippen LogP) is 2.01. The lowest BCUT2D eigenvalue weighted by molar-refractivity contribution is -0.118. The SMILES string of the molecule is CC(C)[C@H](N)C(=O)Nc1cccc(-c2nccn2C)c1. The average molecular weight is 272 g/mol. The molecule has 0 aliphatic carbocycles. The van der Waals surface area contributed by atoms with Crippen molar-refractivity contribution in [2.24, 2.45) is 18.7 Å². The minimum Gasteiger partial charge on any atom is -0.334 e. The van der Waals surface area contributed by atoms with Crippen molar-refractivity contribution < 1.29 is 4.79 Å². The van der Waals surface area contributed by atoms with Crippen molar-refractivity contribution >= 4 is 11.6 Å². The molecule has 0 unspecified atom stereocenters. The molecule has 5 nitrogen and oxygen atoms in total. The van der Waals surface area contributed by atoms with Crippen LogP contribution in [0.3, 0.4) is 0 Å². The summed E-state index contributed by atoms with van der Waals surface area (Å²) in [5, 5.41) is 2.84. The summed E-state index contributed by atoms with van der Waals surface area (Å²) in [6, 6.07) is 7.08. The van der Waals surface area contributed by atoms with E-state index in [9.17, 15) is 4.79 Å². The monoisotopic (exact) mass is 272 g/mol. The number of carbonyl (C=O) groups is 1. The Bertz CT molecular complexity index is 603. The van der Waals surface area contributed by atoms with E-state index in [-0.39, 0.29) is 11.8 Å². The van der Waals surface area contributed by atoms with Crippen LogP contribution in [-0.2, 0) is 11.8 Å². The normalized spacial score (nSPS) is 12.4. The predicted molar refractivity (Wildman–Crippen MR) is 80.1 cm³/mol. The molecule has 0 spiro atoms. The number of nitrogens with one attached hydrogen (secondary N) is 1. The number of imidazole rings is 1. The van der Waals surface area contributed by atoms with Gasteiger partial charge in [0.2, 0.25) is 5.91 Å². The number of aromatic nitrogens is 2. The van der Waals surface area contributed by atoms with E-state index in [1.807, 2.05) is 55.9 Å². The zero-order valence-corrected chi connectivity index (χ0v) is 12.0. The van der Waals surface area contributed by atoms with Gasteiger partial charge in [-0.25, -0.2) is 4.98 Å². The highest BCUT2D eigenvalue weighted by molar-refractivity contribution is 5.95. The third-order valence-corrected chi connectivity index (χ3v) is 3.23. The van der Waals surface area contributed by atoms with Crippen LogP contribution in [0, 0.1) is 5.92 Å². The summed E-state index contributed by atoms with van der Waals surface area (Å²) >= 11 is 0. The van der Waals surface area contributed by atoms with Crippen molar-refractivity contribution in [3.63, 3.8) is 0 Å². The maximum absolute atomic E-state index is 12.0. The summed E-state index contributed by atoms with van der Waals surface area (Å²) in [6.45, 7) is 3.85. The van der Waals surface area contributed by atoms with Crippen LogP contribution >= 0.6 is 0 Å². The Kier molecular flexibility index (Phi) is 4.20. The Morgan fingerprint density at radius 1 is 1.40 bits per heavy atom. The van der Waals surface area contributed by atoms with Crippen LogP contribution in [-0.4, -0.2) is 21.5 Å². The van der Waals surface area contributed by atoms with Crippen LogP contribution in [0.15, 0.2) is 36.7 Å². The standard InChI is InChI=1S/C15H20N4O/c1-10(2)13(16)15(20)18-12-6-4-5-11(9-12)14-17-7-8-19(14)3/h4-10,13H,16H2,1-3H3,(H,18,20)/t13-/m0/s1. The molecule has 0 bridgehead atoms. The smallest absolute Gasteiger partial charge is 0.241 e. The summed E-state index contributed by atoms with van der Waals surface area (Å²) in [4.78, 5) is 16.3. The number of rotatable bonds is 4. The number of nitrogens with zero attached hydrogens (tertiary/aromatic N) is 2. The number of nitrogens with two attached hydrogens (primary N) is 1. The van der Waals surface area contributed by atoms with Crippen LogP contribution in [0.5, 0.6) is 0 Å². The first-order valence-electron chi connectivity index (χ1n) is 6.63. The molecule has 20 heavy (non-hydrogen) atoms. The fraction of sp³-hybridized carbons (Fsp3) is 0.333. The fourth-order valence-corrected chi connectivity index (χ4v) is 1.91. The van der Waals surface area contributed by atoms with E-state index in [0.29, 0.717) is 0 Å². The van der Waals surface area contributed by atoms with Crippen molar-refractivity contribution in [3.8, 4) is 11.4 Å². The number of carbonyl (C=O) groups excluding carboxylic acids is 1. The largest absolute Gasteiger partial charge is 0.334 e. The molecular weight excluding hydrogens is 252 g/mol. The Morgan fingerprint density at radius 2 is 2.15 bits per heavy atom. The first-order chi connectivity index (χ1) is 9.49. The van der Waals surface area contributed by atoms with E-state index >= 15 is 0 Å². The molecular formula is C15H20N4O. The summed E-state index contributed by atoms with van der Waals surface area (Å²) < 4.78 is 1.93. The fourth-order valence-electron chi connectivity index (χ4n) is 1.91. The van der Waals surface area contributed by atoms with Crippen molar-refractivity contribution in [2.45, 2.75) is 19.9 Å². The minimum absolute atomic E-state index is 0.104. The lowest BCUT2D eigenvalue weighted by Crippen LogP contribution is -2.39. The van der Waals surface area contributed by atoms with Gasteiger partial charge in [-0.05, 0) is 18.1 Å². The van der Waals surface area contributed by atoms with E-state index in [1.54, 1.807) is 6.20 Å². The van der Waals surface area contributed by atoms with Crippen LogP contribution in [0.1, 0.15) is 13.8 Å². The molecule has 1 amide bonds. The molecule has 1 aromatic heterocycles. The van der Waals surface area contributed by atoms with E-state index < -0.39 is 6.04 Å². The number of hydrogen-bond donors (Lipinski definition) is 2. The van der Waals surface area contributed by atoms with E-state index in [1.165, 1.54) is 0 Å². The number of anilines is 1. The molecule has 1 heterocycles. The van der Waals surface area contributed by atoms with E-state index in [2.05, 4.69) is 10.3 Å². The Labute approximate surface area is 118 Å². The quantitative estimate of drug-likeness (QED) is 0.894. The van der Waals surface area contributed by atoms with Gasteiger partial charge in [0, 0.05) is 30.7 Å². The van der Waals surface area contributed by atoms with Crippen LogP contribution in [0.4, 0.5) is 5.69 Å². The summed E-state index contributed by atoms with van der Waals surface area (Å²) in [5.74, 6) is 0.791. The van der Waals surface area contributed by atoms with Crippen LogP contribution in [0.2, 0.25) is 0 Å². The number of hydrogen-bond acceptors (Lipinski definition) is 3. The van der Waals surface area contributed by atoms with Crippen molar-refractivity contribution in [2.75, 3.05) is 5.32 Å². The molecule has 0 fully saturated rings. The van der Waals surface area contributed by atoms with Gasteiger partial charge in [0.1, 0.15) is 5.82 Å². The summed E-state index contributed by atoms with van der Waals surface area (Å²) in [6.07, 6.45) is 3.63. The van der Waals surface area contributed by atoms with Crippen molar-refractivity contribution in [1.82, 2.24) is 9.55 Å². The first kappa shape index (κ1) is 14.3. The van der Waals surface area contributed by atoms with Gasteiger partial charge >= 0.3 is 0 Å². The second-order valence-electron chi connectivity index (χ2n) is 5.20. The van der Waals surface area contributed by atoms with Gasteiger partial charge in [0.15, 0.2) is 0 Å².